The van der Waals surface area contributed by atoms with Gasteiger partial charge in [-0.3, -0.25) is 47.1 Å². The summed E-state index contributed by atoms with van der Waals surface area (Å²) in [4.78, 5) is 64.7. The van der Waals surface area contributed by atoms with Crippen molar-refractivity contribution in [1.82, 2.24) is 68.0 Å². The normalized spacial score (nSPS) is 12.7. The van der Waals surface area contributed by atoms with E-state index in [0.717, 1.165) is 59.0 Å². The number of nitrogens with zero attached hydrogens (tertiary/aromatic N) is 15. The van der Waals surface area contributed by atoms with Crippen LogP contribution in [0.4, 0.5) is 11.6 Å². The summed E-state index contributed by atoms with van der Waals surface area (Å²) in [7, 11) is -1.24. The van der Waals surface area contributed by atoms with E-state index in [1.165, 1.54) is 14.7 Å². The lowest BCUT2D eigenvalue weighted by molar-refractivity contribution is 0.0908. The van der Waals surface area contributed by atoms with Crippen LogP contribution in [-0.4, -0.2) is 94.1 Å². The molecule has 23 heteroatoms. The molecular formula is C55H62Cl2N16O4Si. The Morgan fingerprint density at radius 2 is 1.22 bits per heavy atom. The van der Waals surface area contributed by atoms with Crippen molar-refractivity contribution >= 4 is 65.5 Å². The Balaban J connectivity index is 0.000000149. The average Bonchev–Trinajstić information content (AvgIpc) is 4.43. The number of hydrogen-bond donors (Lipinski definition) is 1. The van der Waals surface area contributed by atoms with Crippen molar-refractivity contribution in [3.05, 3.63) is 179 Å². The highest BCUT2D eigenvalue weighted by Gasteiger charge is 2.26. The van der Waals surface area contributed by atoms with Crippen LogP contribution in [0.3, 0.4) is 0 Å². The minimum Gasteiger partial charge on any atom is -0.361 e. The summed E-state index contributed by atoms with van der Waals surface area (Å²) in [5, 5.41) is 15.9. The van der Waals surface area contributed by atoms with Gasteiger partial charge in [-0.2, -0.15) is 25.3 Å². The monoisotopic (exact) mass is 1110 g/mol. The number of hydrogen-bond acceptors (Lipinski definition) is 13. The summed E-state index contributed by atoms with van der Waals surface area (Å²) in [6.45, 7) is 16.9. The predicted molar refractivity (Wildman–Crippen MR) is 307 cm³/mol. The van der Waals surface area contributed by atoms with E-state index in [1.807, 2.05) is 78.9 Å². The number of halogens is 2. The molecule has 0 atom stereocenters. The van der Waals surface area contributed by atoms with E-state index in [0.29, 0.717) is 91.9 Å². The second-order valence-corrected chi connectivity index (χ2v) is 26.5. The molecule has 7 aromatic heterocycles. The van der Waals surface area contributed by atoms with Crippen LogP contribution >= 0.6 is 23.2 Å². The van der Waals surface area contributed by atoms with Gasteiger partial charge in [0.05, 0.1) is 66.1 Å². The van der Waals surface area contributed by atoms with Gasteiger partial charge >= 0.3 is 0 Å². The van der Waals surface area contributed by atoms with Crippen molar-refractivity contribution in [2.24, 2.45) is 9.98 Å². The molecule has 0 radical (unpaired) electrons. The molecule has 0 spiro atoms. The minimum atomic E-state index is -1.24. The third-order valence-corrected chi connectivity index (χ3v) is 15.2. The first-order valence-corrected chi connectivity index (χ1v) is 30.6. The maximum Gasteiger partial charge on any atom is 0.280 e. The fourth-order valence-electron chi connectivity index (χ4n) is 8.90. The Morgan fingerprint density at radius 3 is 1.83 bits per heavy atom. The molecule has 0 saturated carbocycles. The lowest BCUT2D eigenvalue weighted by Gasteiger charge is -2.16. The van der Waals surface area contributed by atoms with Crippen LogP contribution in [0.1, 0.15) is 73.4 Å². The summed E-state index contributed by atoms with van der Waals surface area (Å²) >= 11 is 12.5. The first kappa shape index (κ1) is 55.0. The number of benzene rings is 2. The van der Waals surface area contributed by atoms with Gasteiger partial charge in [-0.05, 0) is 59.6 Å². The van der Waals surface area contributed by atoms with Crippen LogP contribution in [0.15, 0.2) is 129 Å². The van der Waals surface area contributed by atoms with Crippen LogP contribution < -0.4 is 16.7 Å². The molecule has 1 N–H and O–H groups in total. The van der Waals surface area contributed by atoms with Gasteiger partial charge in [0.15, 0.2) is 22.8 Å². The summed E-state index contributed by atoms with van der Waals surface area (Å²) in [6.07, 6.45) is 16.0. The number of rotatable bonds is 18. The smallest absolute Gasteiger partial charge is 0.280 e. The fraction of sp³-hybridized carbons (Fsp3) is 0.345. The largest absolute Gasteiger partial charge is 0.361 e. The third kappa shape index (κ3) is 12.8. The second kappa shape index (κ2) is 24.7. The van der Waals surface area contributed by atoms with Gasteiger partial charge in [0.25, 0.3) is 16.7 Å². The van der Waals surface area contributed by atoms with Crippen LogP contribution in [0.2, 0.25) is 36.3 Å². The average molecular weight is 1110 g/mol. The van der Waals surface area contributed by atoms with E-state index in [1.54, 1.807) is 40.2 Å². The van der Waals surface area contributed by atoms with E-state index in [9.17, 15) is 14.4 Å². The molecule has 2 aliphatic heterocycles. The summed E-state index contributed by atoms with van der Waals surface area (Å²) in [5.74, 6) is 1.57. The zero-order chi connectivity index (χ0) is 54.9. The van der Waals surface area contributed by atoms with E-state index >= 15 is 0 Å². The Hall–Kier alpha value is -7.72. The third-order valence-electron chi connectivity index (χ3n) is 12.9. The van der Waals surface area contributed by atoms with Crippen molar-refractivity contribution in [3.63, 3.8) is 0 Å². The number of fused-ring (bicyclic) bond motifs is 3. The van der Waals surface area contributed by atoms with Crippen molar-refractivity contribution in [1.29, 1.82) is 0 Å². The van der Waals surface area contributed by atoms with Crippen molar-refractivity contribution in [2.75, 3.05) is 6.61 Å². The van der Waals surface area contributed by atoms with Crippen LogP contribution in [0.5, 0.6) is 0 Å². The molecule has 0 saturated heterocycles. The standard InChI is InChI=1S/C24H31ClN6O2Si.C19H18ClN5O.C12H13N5O/c1-5-11-30-23(32)20-21(28-24(30)25)27-22(31(20)17-33-12-13-34(2,3)4)19-14-26-29(16-19)15-18-9-7-6-8-10-18;1-2-8-25-18(26)15-9-16(22-17(15)23-19(25)20)14-10-21-24(12-14)11-13-6-4-3-5-7-13;1-2-3-17-7-13-11-9(12(17)18)4-10(16-11)8-5-14-15-6-8/h6-10,14,16H,5,11-13,15,17H2,1-4H3;3-7,10,12H,2,8-9,11H2,1H3;5-7H,2-4H2,1H3,(H,14,15). The first-order chi connectivity index (χ1) is 37.7. The van der Waals surface area contributed by atoms with E-state index in [-0.39, 0.29) is 34.0 Å². The number of aryl methyl sites for hydroxylation is 1. The van der Waals surface area contributed by atoms with Crippen LogP contribution in [0.25, 0.3) is 22.6 Å². The van der Waals surface area contributed by atoms with Crippen molar-refractivity contribution in [2.45, 2.75) is 118 Å². The van der Waals surface area contributed by atoms with E-state index < -0.39 is 8.07 Å². The molecule has 0 unspecified atom stereocenters. The highest BCUT2D eigenvalue weighted by Crippen LogP contribution is 2.28. The first-order valence-electron chi connectivity index (χ1n) is 26.1. The summed E-state index contributed by atoms with van der Waals surface area (Å²) < 4.78 is 16.2. The number of H-pyrrole nitrogens is 1. The van der Waals surface area contributed by atoms with Crippen LogP contribution in [-0.2, 0) is 57.0 Å². The molecule has 0 aliphatic carbocycles. The number of nitrogens with one attached hydrogen (secondary N) is 1. The fourth-order valence-corrected chi connectivity index (χ4v) is 10.1. The van der Waals surface area contributed by atoms with Crippen molar-refractivity contribution in [3.8, 4) is 11.4 Å². The molecule has 2 aliphatic rings. The van der Waals surface area contributed by atoms with Gasteiger partial charge in [0, 0.05) is 76.9 Å². The van der Waals surface area contributed by atoms with E-state index in [4.69, 9.17) is 27.9 Å². The molecule has 9 heterocycles. The van der Waals surface area contributed by atoms with Gasteiger partial charge in [0.2, 0.25) is 10.6 Å². The number of ether oxygens (including phenoxy) is 1. The quantitative estimate of drug-likeness (QED) is 0.0485. The molecule has 11 rings (SSSR count). The predicted octanol–water partition coefficient (Wildman–Crippen LogP) is 9.16. The van der Waals surface area contributed by atoms with Gasteiger partial charge in [-0.1, -0.05) is 101 Å². The molecule has 20 nitrogen and oxygen atoms in total. The van der Waals surface area contributed by atoms with Crippen molar-refractivity contribution < 1.29 is 4.74 Å². The molecule has 0 fully saturated rings. The minimum absolute atomic E-state index is 0.0177. The highest BCUT2D eigenvalue weighted by atomic mass is 35.5. The maximum atomic E-state index is 13.4. The van der Waals surface area contributed by atoms with E-state index in [2.05, 4.69) is 94.2 Å². The summed E-state index contributed by atoms with van der Waals surface area (Å²) in [5.41, 5.74) is 8.29. The van der Waals surface area contributed by atoms with Gasteiger partial charge in [0.1, 0.15) is 12.6 Å². The zero-order valence-corrected chi connectivity index (χ0v) is 47.1. The number of imidazole rings is 1. The van der Waals surface area contributed by atoms with Gasteiger partial charge in [-0.15, -0.1) is 0 Å². The molecule has 9 aromatic rings. The topological polar surface area (TPSA) is 221 Å². The molecule has 0 amide bonds. The van der Waals surface area contributed by atoms with Gasteiger partial charge in [-0.25, -0.2) is 20.0 Å². The Kier molecular flexibility index (Phi) is 17.5. The highest BCUT2D eigenvalue weighted by molar-refractivity contribution is 6.76. The Morgan fingerprint density at radius 1 is 0.641 bits per heavy atom. The Labute approximate surface area is 461 Å². The molecule has 404 valence electrons. The molecular weight excluding hydrogens is 1050 g/mol. The number of aromatic amines is 1. The zero-order valence-electron chi connectivity index (χ0n) is 44.6. The van der Waals surface area contributed by atoms with Crippen LogP contribution in [0, 0.1) is 0 Å². The maximum absolute atomic E-state index is 13.4. The second-order valence-electron chi connectivity index (χ2n) is 20.2. The lowest BCUT2D eigenvalue weighted by atomic mass is 10.1. The number of aromatic nitrogens is 14. The summed E-state index contributed by atoms with van der Waals surface area (Å²) in [6, 6.07) is 21.3. The number of aliphatic imine (C=N–C) groups is 2. The molecule has 78 heavy (non-hydrogen) atoms. The Bertz CT molecular complexity index is 3780. The SMILES string of the molecule is CCCn1c(Cl)nc2c(c1=O)CC(c1cnn(Cc3ccccc3)c1)=N2.CCCn1c(Cl)nc2nc(-c3cnn(Cc4ccccc4)c3)n(COCC[Si](C)(C)C)c2c1=O.CCCn1cnc2c(c1=O)CC(c1cn[nH]c1)=N2. The molecule has 0 bridgehead atoms. The van der Waals surface area contributed by atoms with Gasteiger partial charge < -0.3 is 4.74 Å². The molecule has 2 aromatic carbocycles. The lowest BCUT2D eigenvalue weighted by Crippen LogP contribution is -2.25.